The van der Waals surface area contributed by atoms with Gasteiger partial charge in [-0.25, -0.2) is 8.42 Å². The zero-order valence-corrected chi connectivity index (χ0v) is 16.6. The van der Waals surface area contributed by atoms with Crippen LogP contribution in [-0.4, -0.2) is 38.4 Å². The molecule has 148 valence electrons. The van der Waals surface area contributed by atoms with Crippen LogP contribution in [0.2, 0.25) is 0 Å². The van der Waals surface area contributed by atoms with Crippen molar-refractivity contribution in [2.75, 3.05) is 19.7 Å². The number of carbonyl (C=O) groups is 1. The van der Waals surface area contributed by atoms with E-state index < -0.39 is 10.0 Å². The Kier molecular flexibility index (Phi) is 7.01. The summed E-state index contributed by atoms with van der Waals surface area (Å²) in [5.41, 5.74) is 1.96. The summed E-state index contributed by atoms with van der Waals surface area (Å²) >= 11 is 0. The maximum atomic E-state index is 12.5. The lowest BCUT2D eigenvalue weighted by Crippen LogP contribution is -2.39. The zero-order chi connectivity index (χ0) is 19.8. The number of carbonyl (C=O) groups excluding carboxylic acids is 1. The Morgan fingerprint density at radius 1 is 1.00 bits per heavy atom. The molecule has 1 heterocycles. The van der Waals surface area contributed by atoms with Gasteiger partial charge in [-0.2, -0.15) is 4.31 Å². The van der Waals surface area contributed by atoms with Crippen molar-refractivity contribution in [1.82, 2.24) is 4.31 Å². The summed E-state index contributed by atoms with van der Waals surface area (Å²) in [4.78, 5) is 12.3. The summed E-state index contributed by atoms with van der Waals surface area (Å²) < 4.78 is 31.8. The Labute approximate surface area is 166 Å². The van der Waals surface area contributed by atoms with Crippen LogP contribution < -0.4 is 0 Å². The highest BCUT2D eigenvalue weighted by molar-refractivity contribution is 7.92. The van der Waals surface area contributed by atoms with Crippen molar-refractivity contribution in [3.63, 3.8) is 0 Å². The van der Waals surface area contributed by atoms with Gasteiger partial charge in [0.15, 0.2) is 0 Å². The second kappa shape index (κ2) is 9.66. The standard InChI is InChI=1S/C22H25NO4S/c24-22(27-17-13-19-7-3-1-4-8-19)21-11-15-23(16-12-21)28(25,26)18-14-20-9-5-2-6-10-20/h1-10,14,18,21H,11-13,15-17H2/b18-14+. The fourth-order valence-electron chi connectivity index (χ4n) is 3.19. The summed E-state index contributed by atoms with van der Waals surface area (Å²) in [7, 11) is -3.48. The van der Waals surface area contributed by atoms with E-state index in [9.17, 15) is 13.2 Å². The van der Waals surface area contributed by atoms with Gasteiger partial charge in [0, 0.05) is 24.9 Å². The Bertz CT molecular complexity index is 887. The van der Waals surface area contributed by atoms with E-state index in [1.54, 1.807) is 6.08 Å². The van der Waals surface area contributed by atoms with Crippen LogP contribution in [0, 0.1) is 5.92 Å². The van der Waals surface area contributed by atoms with Crippen LogP contribution in [0.15, 0.2) is 66.1 Å². The van der Waals surface area contributed by atoms with Crippen LogP contribution in [0.5, 0.6) is 0 Å². The molecule has 5 nitrogen and oxygen atoms in total. The third-order valence-corrected chi connectivity index (χ3v) is 6.42. The molecule has 0 aromatic heterocycles. The molecule has 0 bridgehead atoms. The highest BCUT2D eigenvalue weighted by Gasteiger charge is 2.30. The van der Waals surface area contributed by atoms with E-state index in [2.05, 4.69) is 0 Å². The van der Waals surface area contributed by atoms with Crippen molar-refractivity contribution in [2.45, 2.75) is 19.3 Å². The number of ether oxygens (including phenoxy) is 1. The van der Waals surface area contributed by atoms with Crippen LogP contribution in [0.4, 0.5) is 0 Å². The lowest BCUT2D eigenvalue weighted by molar-refractivity contribution is -0.149. The molecular weight excluding hydrogens is 374 g/mol. The maximum Gasteiger partial charge on any atom is 0.309 e. The number of esters is 1. The fraction of sp³-hybridized carbons (Fsp3) is 0.318. The average Bonchev–Trinajstić information content (AvgIpc) is 2.74. The zero-order valence-electron chi connectivity index (χ0n) is 15.7. The SMILES string of the molecule is O=C(OCCc1ccccc1)C1CCN(S(=O)(=O)/C=C/c2ccccc2)CC1. The molecule has 1 saturated heterocycles. The second-order valence-electron chi connectivity index (χ2n) is 6.83. The molecule has 0 atom stereocenters. The van der Waals surface area contributed by atoms with Crippen LogP contribution in [0.3, 0.4) is 0 Å². The van der Waals surface area contributed by atoms with E-state index in [4.69, 9.17) is 4.74 Å². The van der Waals surface area contributed by atoms with Crippen LogP contribution in [0.25, 0.3) is 6.08 Å². The Morgan fingerprint density at radius 2 is 1.61 bits per heavy atom. The molecule has 1 aliphatic heterocycles. The minimum absolute atomic E-state index is 0.229. The largest absolute Gasteiger partial charge is 0.465 e. The molecule has 3 rings (SSSR count). The molecular formula is C22H25NO4S. The molecule has 28 heavy (non-hydrogen) atoms. The van der Waals surface area contributed by atoms with Gasteiger partial charge in [0.2, 0.25) is 10.0 Å². The minimum atomic E-state index is -3.48. The van der Waals surface area contributed by atoms with Gasteiger partial charge in [0.1, 0.15) is 0 Å². The summed E-state index contributed by atoms with van der Waals surface area (Å²) in [5, 5.41) is 1.24. The molecule has 2 aromatic rings. The lowest BCUT2D eigenvalue weighted by Gasteiger charge is -2.29. The van der Waals surface area contributed by atoms with Gasteiger partial charge in [-0.1, -0.05) is 60.7 Å². The second-order valence-corrected chi connectivity index (χ2v) is 8.65. The van der Waals surface area contributed by atoms with E-state index in [0.29, 0.717) is 39.0 Å². The van der Waals surface area contributed by atoms with Gasteiger partial charge in [-0.15, -0.1) is 0 Å². The van der Waals surface area contributed by atoms with Gasteiger partial charge >= 0.3 is 5.97 Å². The monoisotopic (exact) mass is 399 g/mol. The molecule has 1 fully saturated rings. The molecule has 0 unspecified atom stereocenters. The predicted molar refractivity (Wildman–Crippen MR) is 110 cm³/mol. The third-order valence-electron chi connectivity index (χ3n) is 4.86. The number of benzene rings is 2. The minimum Gasteiger partial charge on any atom is -0.465 e. The first-order valence-corrected chi connectivity index (χ1v) is 11.0. The first kappa shape index (κ1) is 20.3. The van der Waals surface area contributed by atoms with E-state index in [0.717, 1.165) is 11.1 Å². The predicted octanol–water partition coefficient (Wildman–Crippen LogP) is 3.49. The number of piperidine rings is 1. The van der Waals surface area contributed by atoms with Crippen molar-refractivity contribution in [3.05, 3.63) is 77.2 Å². The fourth-order valence-corrected chi connectivity index (χ4v) is 4.41. The quantitative estimate of drug-likeness (QED) is 0.669. The van der Waals surface area contributed by atoms with E-state index in [-0.39, 0.29) is 11.9 Å². The average molecular weight is 400 g/mol. The van der Waals surface area contributed by atoms with Crippen molar-refractivity contribution >= 4 is 22.1 Å². The van der Waals surface area contributed by atoms with Gasteiger partial charge in [-0.3, -0.25) is 4.79 Å². The van der Waals surface area contributed by atoms with E-state index in [1.165, 1.54) is 9.71 Å². The number of rotatable bonds is 7. The number of hydrogen-bond donors (Lipinski definition) is 0. The molecule has 0 spiro atoms. The number of hydrogen-bond acceptors (Lipinski definition) is 4. The van der Waals surface area contributed by atoms with Crippen molar-refractivity contribution < 1.29 is 17.9 Å². The lowest BCUT2D eigenvalue weighted by atomic mass is 9.98. The Hall–Kier alpha value is -2.44. The molecule has 0 N–H and O–H groups in total. The molecule has 0 radical (unpaired) electrons. The van der Waals surface area contributed by atoms with Crippen molar-refractivity contribution in [1.29, 1.82) is 0 Å². The summed E-state index contributed by atoms with van der Waals surface area (Å²) in [6, 6.07) is 19.2. The molecule has 0 saturated carbocycles. The highest BCUT2D eigenvalue weighted by Crippen LogP contribution is 2.22. The smallest absolute Gasteiger partial charge is 0.309 e. The molecule has 0 amide bonds. The molecule has 0 aliphatic carbocycles. The molecule has 2 aromatic carbocycles. The third kappa shape index (κ3) is 5.78. The summed E-state index contributed by atoms with van der Waals surface area (Å²) in [5.74, 6) is -0.465. The van der Waals surface area contributed by atoms with E-state index in [1.807, 2.05) is 60.7 Å². The first-order chi connectivity index (χ1) is 13.5. The van der Waals surface area contributed by atoms with Crippen molar-refractivity contribution in [2.24, 2.45) is 5.92 Å². The van der Waals surface area contributed by atoms with Crippen molar-refractivity contribution in [3.8, 4) is 0 Å². The van der Waals surface area contributed by atoms with Gasteiger partial charge in [0.05, 0.1) is 12.5 Å². The summed E-state index contributed by atoms with van der Waals surface area (Å²) in [6.07, 6.45) is 3.26. The molecule has 1 aliphatic rings. The van der Waals surface area contributed by atoms with Gasteiger partial charge in [0.25, 0.3) is 0 Å². The molecule has 6 heteroatoms. The highest BCUT2D eigenvalue weighted by atomic mass is 32.2. The van der Waals surface area contributed by atoms with Gasteiger partial charge < -0.3 is 4.74 Å². The van der Waals surface area contributed by atoms with Crippen LogP contribution in [-0.2, 0) is 26.0 Å². The van der Waals surface area contributed by atoms with Crippen LogP contribution >= 0.6 is 0 Å². The summed E-state index contributed by atoms with van der Waals surface area (Å²) in [6.45, 7) is 1.01. The maximum absolute atomic E-state index is 12.5. The van der Waals surface area contributed by atoms with Gasteiger partial charge in [-0.05, 0) is 30.0 Å². The van der Waals surface area contributed by atoms with E-state index >= 15 is 0 Å². The number of sulfonamides is 1. The normalized spacial score (nSPS) is 16.3. The topological polar surface area (TPSA) is 63.7 Å². The Morgan fingerprint density at radius 3 is 2.25 bits per heavy atom. The Balaban J connectivity index is 1.45. The van der Waals surface area contributed by atoms with Crippen LogP contribution in [0.1, 0.15) is 24.0 Å². The first-order valence-electron chi connectivity index (χ1n) is 9.48. The number of nitrogens with zero attached hydrogens (tertiary/aromatic N) is 1.